The van der Waals surface area contributed by atoms with Crippen LogP contribution in [0.3, 0.4) is 0 Å². The number of anilines is 1. The van der Waals surface area contributed by atoms with Gasteiger partial charge in [-0.1, -0.05) is 17.7 Å². The maximum atomic E-state index is 12.1. The minimum atomic E-state index is -1.12. The summed E-state index contributed by atoms with van der Waals surface area (Å²) < 4.78 is 1.35. The number of carbonyl (C=O) groups is 2. The van der Waals surface area contributed by atoms with Gasteiger partial charge in [0.1, 0.15) is 11.4 Å². The molecule has 104 valence electrons. The highest BCUT2D eigenvalue weighted by molar-refractivity contribution is 6.07. The summed E-state index contributed by atoms with van der Waals surface area (Å²) >= 11 is 0. The van der Waals surface area contributed by atoms with Crippen molar-refractivity contribution in [3.05, 3.63) is 46.6 Å². The van der Waals surface area contributed by atoms with Crippen LogP contribution in [0.5, 0.6) is 0 Å². The molecule has 6 nitrogen and oxygen atoms in total. The van der Waals surface area contributed by atoms with E-state index in [0.29, 0.717) is 11.3 Å². The van der Waals surface area contributed by atoms with Gasteiger partial charge in [0.15, 0.2) is 0 Å². The van der Waals surface area contributed by atoms with Gasteiger partial charge in [0.25, 0.3) is 5.91 Å². The average molecular weight is 273 g/mol. The molecular weight excluding hydrogens is 258 g/mol. The first-order valence-corrected chi connectivity index (χ1v) is 6.05. The monoisotopic (exact) mass is 273 g/mol. The van der Waals surface area contributed by atoms with E-state index < -0.39 is 5.97 Å². The first kappa shape index (κ1) is 13.8. The lowest BCUT2D eigenvalue weighted by molar-refractivity contribution is 0.0697. The summed E-state index contributed by atoms with van der Waals surface area (Å²) in [5.74, 6) is -1.30. The van der Waals surface area contributed by atoms with Gasteiger partial charge in [0.2, 0.25) is 0 Å². The van der Waals surface area contributed by atoms with E-state index in [-0.39, 0.29) is 17.3 Å². The van der Waals surface area contributed by atoms with E-state index >= 15 is 0 Å². The van der Waals surface area contributed by atoms with Crippen molar-refractivity contribution in [1.29, 1.82) is 0 Å². The number of aryl methyl sites for hydroxylation is 3. The van der Waals surface area contributed by atoms with Gasteiger partial charge < -0.3 is 10.4 Å². The molecule has 1 aromatic carbocycles. The van der Waals surface area contributed by atoms with E-state index in [2.05, 4.69) is 10.4 Å². The van der Waals surface area contributed by atoms with Crippen LogP contribution in [0.1, 0.15) is 32.0 Å². The number of hydrogen-bond donors (Lipinski definition) is 2. The van der Waals surface area contributed by atoms with Crippen LogP contribution in [0.25, 0.3) is 0 Å². The summed E-state index contributed by atoms with van der Waals surface area (Å²) in [4.78, 5) is 23.3. The van der Waals surface area contributed by atoms with Crippen LogP contribution in [0.4, 0.5) is 5.82 Å². The molecule has 0 saturated heterocycles. The third-order valence-corrected chi connectivity index (χ3v) is 2.98. The molecule has 0 radical (unpaired) electrons. The molecule has 1 aromatic heterocycles. The van der Waals surface area contributed by atoms with Gasteiger partial charge in [-0.05, 0) is 26.0 Å². The maximum Gasteiger partial charge on any atom is 0.341 e. The lowest BCUT2D eigenvalue weighted by Crippen LogP contribution is -2.16. The molecule has 6 heteroatoms. The van der Waals surface area contributed by atoms with E-state index in [4.69, 9.17) is 0 Å². The zero-order valence-electron chi connectivity index (χ0n) is 11.5. The number of nitrogens with one attached hydrogen (secondary N) is 1. The zero-order valence-corrected chi connectivity index (χ0v) is 11.5. The number of aromatic carboxylic acids is 1. The van der Waals surface area contributed by atoms with Gasteiger partial charge >= 0.3 is 5.97 Å². The van der Waals surface area contributed by atoms with Crippen molar-refractivity contribution >= 4 is 17.7 Å². The smallest absolute Gasteiger partial charge is 0.341 e. The second kappa shape index (κ2) is 5.16. The van der Waals surface area contributed by atoms with Crippen molar-refractivity contribution in [2.24, 2.45) is 7.05 Å². The second-order valence-electron chi connectivity index (χ2n) is 4.56. The first-order chi connectivity index (χ1) is 9.40. The van der Waals surface area contributed by atoms with Crippen LogP contribution in [0.15, 0.2) is 24.3 Å². The number of rotatable bonds is 3. The molecule has 0 atom stereocenters. The Kier molecular flexibility index (Phi) is 3.56. The number of hydrogen-bond acceptors (Lipinski definition) is 3. The zero-order chi connectivity index (χ0) is 14.9. The Morgan fingerprint density at radius 2 is 1.80 bits per heavy atom. The molecular formula is C14H15N3O3. The number of carboxylic acids is 1. The van der Waals surface area contributed by atoms with Crippen molar-refractivity contribution in [2.45, 2.75) is 13.8 Å². The predicted molar refractivity (Wildman–Crippen MR) is 74.0 cm³/mol. The Balaban J connectivity index is 2.33. The van der Waals surface area contributed by atoms with Gasteiger partial charge in [-0.3, -0.25) is 9.48 Å². The molecule has 0 saturated carbocycles. The topological polar surface area (TPSA) is 84.2 Å². The summed E-state index contributed by atoms with van der Waals surface area (Å²) in [7, 11) is 1.59. The molecule has 0 unspecified atom stereocenters. The van der Waals surface area contributed by atoms with E-state index in [1.165, 1.54) is 4.68 Å². The number of amides is 1. The highest BCUT2D eigenvalue weighted by Gasteiger charge is 2.21. The minimum Gasteiger partial charge on any atom is -0.477 e. The molecule has 1 amide bonds. The minimum absolute atomic E-state index is 0.00737. The van der Waals surface area contributed by atoms with Gasteiger partial charge in [-0.25, -0.2) is 4.79 Å². The van der Waals surface area contributed by atoms with Crippen molar-refractivity contribution in [1.82, 2.24) is 9.78 Å². The number of carboxylic acid groups (broad SMARTS) is 1. The largest absolute Gasteiger partial charge is 0.477 e. The summed E-state index contributed by atoms with van der Waals surface area (Å²) in [6, 6.07) is 7.02. The third kappa shape index (κ3) is 2.54. The molecule has 0 aliphatic rings. The van der Waals surface area contributed by atoms with E-state index in [1.807, 2.05) is 19.1 Å². The lowest BCUT2D eigenvalue weighted by Gasteiger charge is -2.07. The lowest BCUT2D eigenvalue weighted by atomic mass is 10.1. The van der Waals surface area contributed by atoms with Crippen LogP contribution in [0.2, 0.25) is 0 Å². The van der Waals surface area contributed by atoms with Gasteiger partial charge in [-0.15, -0.1) is 0 Å². The fraction of sp³-hybridized carbons (Fsp3) is 0.214. The van der Waals surface area contributed by atoms with Crippen LogP contribution < -0.4 is 5.32 Å². The Morgan fingerprint density at radius 3 is 2.35 bits per heavy atom. The second-order valence-corrected chi connectivity index (χ2v) is 4.56. The third-order valence-electron chi connectivity index (χ3n) is 2.98. The molecule has 0 bridgehead atoms. The molecule has 1 heterocycles. The summed E-state index contributed by atoms with van der Waals surface area (Å²) in [5, 5.41) is 15.8. The molecule has 20 heavy (non-hydrogen) atoms. The van der Waals surface area contributed by atoms with E-state index in [1.54, 1.807) is 26.1 Å². The van der Waals surface area contributed by atoms with Crippen molar-refractivity contribution < 1.29 is 14.7 Å². The quantitative estimate of drug-likeness (QED) is 0.895. The molecule has 0 aliphatic heterocycles. The van der Waals surface area contributed by atoms with Crippen LogP contribution in [-0.2, 0) is 7.05 Å². The fourth-order valence-corrected chi connectivity index (χ4v) is 1.94. The summed E-state index contributed by atoms with van der Waals surface area (Å²) in [6.45, 7) is 3.51. The van der Waals surface area contributed by atoms with Crippen LogP contribution in [-0.4, -0.2) is 26.8 Å². The number of nitrogens with zero attached hydrogens (tertiary/aromatic N) is 2. The van der Waals surface area contributed by atoms with Crippen LogP contribution >= 0.6 is 0 Å². The Hall–Kier alpha value is -2.63. The number of carbonyl (C=O) groups excluding carboxylic acids is 1. The SMILES string of the molecule is Cc1ccc(C(=O)Nc2c(C(=O)O)c(C)nn2C)cc1. The molecule has 0 aliphatic carbocycles. The van der Waals surface area contributed by atoms with Gasteiger partial charge in [0.05, 0.1) is 5.69 Å². The molecule has 2 aromatic rings. The van der Waals surface area contributed by atoms with Crippen molar-refractivity contribution in [2.75, 3.05) is 5.32 Å². The predicted octanol–water partition coefficient (Wildman–Crippen LogP) is 1.99. The van der Waals surface area contributed by atoms with Crippen LogP contribution in [0, 0.1) is 13.8 Å². The summed E-state index contributed by atoms with van der Waals surface area (Å²) in [5.41, 5.74) is 1.88. The normalized spacial score (nSPS) is 10.3. The Labute approximate surface area is 116 Å². The fourth-order valence-electron chi connectivity index (χ4n) is 1.94. The average Bonchev–Trinajstić information content (AvgIpc) is 2.64. The highest BCUT2D eigenvalue weighted by Crippen LogP contribution is 2.19. The molecule has 0 fully saturated rings. The number of aromatic nitrogens is 2. The molecule has 2 rings (SSSR count). The first-order valence-electron chi connectivity index (χ1n) is 6.05. The number of benzene rings is 1. The molecule has 2 N–H and O–H groups in total. The van der Waals surface area contributed by atoms with Gasteiger partial charge in [-0.2, -0.15) is 5.10 Å². The van der Waals surface area contributed by atoms with Crippen molar-refractivity contribution in [3.63, 3.8) is 0 Å². The Morgan fingerprint density at radius 1 is 1.20 bits per heavy atom. The van der Waals surface area contributed by atoms with E-state index in [9.17, 15) is 14.7 Å². The maximum absolute atomic E-state index is 12.1. The van der Waals surface area contributed by atoms with E-state index in [0.717, 1.165) is 5.56 Å². The highest BCUT2D eigenvalue weighted by atomic mass is 16.4. The molecule has 0 spiro atoms. The van der Waals surface area contributed by atoms with Gasteiger partial charge in [0, 0.05) is 12.6 Å². The van der Waals surface area contributed by atoms with Crippen molar-refractivity contribution in [3.8, 4) is 0 Å². The Bertz CT molecular complexity index is 672. The standard InChI is InChI=1S/C14H15N3O3/c1-8-4-6-10(7-5-8)13(18)15-12-11(14(19)20)9(2)16-17(12)3/h4-7H,1-3H3,(H,15,18)(H,19,20). The summed E-state index contributed by atoms with van der Waals surface area (Å²) in [6.07, 6.45) is 0.